The lowest BCUT2D eigenvalue weighted by Gasteiger charge is -2.37. The number of ether oxygens (including phenoxy) is 1. The fraction of sp³-hybridized carbons (Fsp3) is 0.396. The predicted octanol–water partition coefficient (Wildman–Crippen LogP) is 7.32. The van der Waals surface area contributed by atoms with Crippen molar-refractivity contribution < 1.29 is 27.0 Å². The van der Waals surface area contributed by atoms with Crippen molar-refractivity contribution in [2.75, 3.05) is 19.4 Å². The fourth-order valence-electron chi connectivity index (χ4n) is 10.5. The Hall–Kier alpha value is -6.40. The second-order valence-electron chi connectivity index (χ2n) is 19.0. The normalized spacial score (nSPS) is 25.1. The molecule has 5 atom stereocenters. The molecule has 10 rings (SSSR count). The lowest BCUT2D eigenvalue weighted by atomic mass is 9.83. The number of nitrogens with two attached hydrogens (primary N) is 1. The van der Waals surface area contributed by atoms with E-state index in [0.717, 1.165) is 39.9 Å². The van der Waals surface area contributed by atoms with Gasteiger partial charge in [-0.15, -0.1) is 0 Å². The summed E-state index contributed by atoms with van der Waals surface area (Å²) in [6.45, 7) is 12.2. The van der Waals surface area contributed by atoms with Gasteiger partial charge in [0.2, 0.25) is 0 Å². The number of nitrogens with zero attached hydrogens (tertiary/aromatic N) is 7. The van der Waals surface area contributed by atoms with Crippen LogP contribution in [0.1, 0.15) is 97.9 Å². The number of amides is 1. The average Bonchev–Trinajstić information content (AvgIpc) is 3.70. The molecule has 0 bridgehead atoms. The molecule has 1 unspecified atom stereocenters. The number of aryl methyl sites for hydroxylation is 2. The summed E-state index contributed by atoms with van der Waals surface area (Å²) >= 11 is 0. The van der Waals surface area contributed by atoms with Crippen LogP contribution in [-0.2, 0) is 26.5 Å². The van der Waals surface area contributed by atoms with Crippen molar-refractivity contribution in [2.24, 2.45) is 21.0 Å². The highest BCUT2D eigenvalue weighted by atomic mass is 32.2. The smallest absolute Gasteiger partial charge is 0.402 e. The molecule has 0 spiro atoms. The highest BCUT2D eigenvalue weighted by Crippen LogP contribution is 2.56. The van der Waals surface area contributed by atoms with Crippen LogP contribution in [0.25, 0.3) is 16.6 Å². The molecule has 3 aromatic heterocycles. The number of aromatic nitrogens is 5. The van der Waals surface area contributed by atoms with Gasteiger partial charge in [0.25, 0.3) is 5.91 Å². The van der Waals surface area contributed by atoms with Gasteiger partial charge < -0.3 is 19.9 Å². The molecule has 4 aliphatic rings. The Labute approximate surface area is 379 Å². The molecule has 66 heavy (non-hydrogen) atoms. The number of nitrogens with one attached hydrogen (secondary N) is 1. The Kier molecular flexibility index (Phi) is 10.1. The molecule has 1 aliphatic carbocycles. The molecule has 3 N–H and O–H groups in total. The maximum atomic E-state index is 15.9. The first kappa shape index (κ1) is 43.5. The molecule has 344 valence electrons. The first-order chi connectivity index (χ1) is 31.3. The van der Waals surface area contributed by atoms with Crippen molar-refractivity contribution in [1.82, 2.24) is 28.7 Å². The molecule has 6 heterocycles. The first-order valence-electron chi connectivity index (χ1n) is 22.1. The van der Waals surface area contributed by atoms with E-state index in [4.69, 9.17) is 20.0 Å². The predicted molar refractivity (Wildman–Crippen MR) is 245 cm³/mol. The number of aromatic amines is 1. The van der Waals surface area contributed by atoms with Crippen molar-refractivity contribution in [1.29, 1.82) is 0 Å². The molecule has 0 radical (unpaired) electrons. The first-order valence-corrected chi connectivity index (χ1v) is 24.0. The summed E-state index contributed by atoms with van der Waals surface area (Å²) < 4.78 is 63.5. The molecule has 3 aromatic carbocycles. The van der Waals surface area contributed by atoms with E-state index in [-0.39, 0.29) is 54.4 Å². The van der Waals surface area contributed by atoms with Crippen LogP contribution < -0.4 is 17.2 Å². The van der Waals surface area contributed by atoms with Crippen LogP contribution in [0.15, 0.2) is 101 Å². The molecule has 1 saturated heterocycles. The molecular formula is C48H51F2N9O6S. The van der Waals surface area contributed by atoms with Crippen molar-refractivity contribution in [3.63, 3.8) is 0 Å². The van der Waals surface area contributed by atoms with Gasteiger partial charge in [0, 0.05) is 60.4 Å². The van der Waals surface area contributed by atoms with Crippen LogP contribution in [-0.4, -0.2) is 75.7 Å². The van der Waals surface area contributed by atoms with E-state index in [2.05, 4.69) is 40.5 Å². The van der Waals surface area contributed by atoms with E-state index in [9.17, 15) is 18.2 Å². The number of imidazole rings is 1. The molecular weight excluding hydrogens is 869 g/mol. The van der Waals surface area contributed by atoms with Gasteiger partial charge in [-0.2, -0.15) is 0 Å². The molecule has 18 heteroatoms. The maximum absolute atomic E-state index is 15.9. The van der Waals surface area contributed by atoms with Gasteiger partial charge in [-0.3, -0.25) is 23.4 Å². The molecule has 15 nitrogen and oxygen atoms in total. The van der Waals surface area contributed by atoms with Gasteiger partial charge in [-0.25, -0.2) is 31.9 Å². The van der Waals surface area contributed by atoms with Crippen LogP contribution in [0.3, 0.4) is 0 Å². The zero-order valence-electron chi connectivity index (χ0n) is 37.8. The highest BCUT2D eigenvalue weighted by Gasteiger charge is 2.59. The van der Waals surface area contributed by atoms with Crippen LogP contribution in [0.5, 0.6) is 0 Å². The van der Waals surface area contributed by atoms with Crippen LogP contribution in [0.2, 0.25) is 0 Å². The minimum absolute atomic E-state index is 0.0329. The maximum Gasteiger partial charge on any atom is 0.438 e. The lowest BCUT2D eigenvalue weighted by Crippen LogP contribution is -2.49. The fourth-order valence-corrected chi connectivity index (χ4v) is 12.0. The Morgan fingerprint density at radius 3 is 2.45 bits per heavy atom. The van der Waals surface area contributed by atoms with Crippen LogP contribution >= 0.6 is 0 Å². The van der Waals surface area contributed by atoms with Crippen molar-refractivity contribution in [2.45, 2.75) is 102 Å². The molecule has 3 aliphatic heterocycles. The summed E-state index contributed by atoms with van der Waals surface area (Å²) in [5.41, 5.74) is 9.54. The van der Waals surface area contributed by atoms with Crippen LogP contribution in [0.4, 0.5) is 14.5 Å². The van der Waals surface area contributed by atoms with E-state index in [1.165, 1.54) is 29.3 Å². The minimum Gasteiger partial charge on any atom is -0.402 e. The number of halogens is 2. The number of hydrogen-bond acceptors (Lipinski definition) is 10. The Bertz CT molecular complexity index is 3340. The van der Waals surface area contributed by atoms with Gasteiger partial charge in [-0.05, 0) is 130 Å². The SMILES string of the molecule is Cc1cc(N=C(C2=C(N)CCN(C(=O)c3cc4cc([C@H]5CCOC(C)(C)C5)ccc4n3[C@@]3(c4noc(=O)[nH]4)C[C@@H]3C)[C@H]2C)n2ccn(-c3cc4c(cc3F)S(C)(=O)=NC4)c2=O)cc(C)c1F. The van der Waals surface area contributed by atoms with Gasteiger partial charge >= 0.3 is 11.4 Å². The Morgan fingerprint density at radius 2 is 1.77 bits per heavy atom. The number of rotatable bonds is 7. The Morgan fingerprint density at radius 1 is 1.03 bits per heavy atom. The summed E-state index contributed by atoms with van der Waals surface area (Å²) in [6, 6.07) is 13.1. The second-order valence-corrected chi connectivity index (χ2v) is 21.3. The third-order valence-corrected chi connectivity index (χ3v) is 15.8. The number of carbonyl (C=O) groups excluding carboxylic acids is 1. The van der Waals surface area contributed by atoms with Gasteiger partial charge in [0.1, 0.15) is 28.7 Å². The van der Waals surface area contributed by atoms with E-state index in [1.54, 1.807) is 30.9 Å². The summed E-state index contributed by atoms with van der Waals surface area (Å²) in [7, 11) is -2.77. The van der Waals surface area contributed by atoms with Crippen molar-refractivity contribution in [3.05, 3.63) is 139 Å². The summed E-state index contributed by atoms with van der Waals surface area (Å²) in [5, 5.41) is 5.00. The quantitative estimate of drug-likeness (QED) is 0.123. The molecule has 2 fully saturated rings. The van der Waals surface area contributed by atoms with E-state index in [1.807, 2.05) is 30.5 Å². The zero-order chi connectivity index (χ0) is 46.8. The third kappa shape index (κ3) is 6.98. The number of aliphatic imine (C=N–C) groups is 1. The molecule has 6 aromatic rings. The largest absolute Gasteiger partial charge is 0.438 e. The van der Waals surface area contributed by atoms with Crippen LogP contribution in [0, 0.1) is 31.4 Å². The number of H-pyrrole nitrogens is 1. The van der Waals surface area contributed by atoms with Crippen molar-refractivity contribution >= 4 is 38.1 Å². The summed E-state index contributed by atoms with van der Waals surface area (Å²) in [6.07, 6.45) is 6.79. The highest BCUT2D eigenvalue weighted by molar-refractivity contribution is 7.93. The minimum atomic E-state index is -2.77. The monoisotopic (exact) mass is 919 g/mol. The van der Waals surface area contributed by atoms with E-state index >= 15 is 9.18 Å². The van der Waals surface area contributed by atoms with Gasteiger partial charge in [0.15, 0.2) is 5.82 Å². The average molecular weight is 920 g/mol. The van der Waals surface area contributed by atoms with E-state index in [0.29, 0.717) is 63.1 Å². The Balaban J connectivity index is 1.09. The van der Waals surface area contributed by atoms with Gasteiger partial charge in [0.05, 0.1) is 44.2 Å². The lowest BCUT2D eigenvalue weighted by molar-refractivity contribution is -0.0592. The van der Waals surface area contributed by atoms with E-state index < -0.39 is 44.4 Å². The second kappa shape index (κ2) is 15.3. The summed E-state index contributed by atoms with van der Waals surface area (Å²) in [4.78, 5) is 52.3. The number of carbonyl (C=O) groups is 1. The van der Waals surface area contributed by atoms with Crippen molar-refractivity contribution in [3.8, 4) is 5.69 Å². The number of fused-ring (bicyclic) bond motifs is 2. The molecule has 1 amide bonds. The topological polar surface area (TPSA) is 188 Å². The zero-order valence-corrected chi connectivity index (χ0v) is 38.6. The van der Waals surface area contributed by atoms with Gasteiger partial charge in [-0.1, -0.05) is 18.1 Å². The summed E-state index contributed by atoms with van der Waals surface area (Å²) in [5.74, 6) is -1.60. The standard InChI is InChI=1S/C48H51F2N9O6S/c1-25-16-33(17-26(2)41(25)50)53-42(58-14-13-57(46(58)62)37-20-32-24-52-66(7,63)39(32)21-34(37)49)40-28(4)56(12-10-35(40)51)43(60)38-19-31-18-29(30-11-15-64-47(5,6)23-30)8-9-36(31)59(38)48(22-27(48)3)44-54-45(61)65-55-44/h8-9,13-14,16-21,27-28,30H,10-12,15,22-24,51H2,1-7H3,(H,54,55,61)/t27-,28-,30-,48-,66?/m0/s1. The number of hydrogen-bond donors (Lipinski definition) is 2. The molecule has 1 saturated carbocycles. The number of benzene rings is 3. The third-order valence-electron chi connectivity index (χ3n) is 14.0.